The molecule has 1 rings (SSSR count). The van der Waals surface area contributed by atoms with Gasteiger partial charge in [0.2, 0.25) is 0 Å². The molecule has 1 aliphatic rings. The average Bonchev–Trinajstić information content (AvgIpc) is 2.16. The molecule has 0 heterocycles. The van der Waals surface area contributed by atoms with E-state index in [1.165, 1.54) is 51.4 Å². The van der Waals surface area contributed by atoms with Gasteiger partial charge in [0.05, 0.1) is 0 Å². The first-order valence-electron chi connectivity index (χ1n) is 6.09. The van der Waals surface area contributed by atoms with Gasteiger partial charge in [0.15, 0.2) is 0 Å². The maximum absolute atomic E-state index is 3.75. The lowest BCUT2D eigenvalue weighted by molar-refractivity contribution is 0.334. The van der Waals surface area contributed by atoms with E-state index in [1.807, 2.05) is 0 Å². The van der Waals surface area contributed by atoms with Crippen LogP contribution < -0.4 is 5.32 Å². The second kappa shape index (κ2) is 6.42. The number of hydrogen-bond acceptors (Lipinski definition) is 1. The first kappa shape index (κ1) is 11.0. The minimum absolute atomic E-state index is 0. The molecule has 1 saturated carbocycles. The van der Waals surface area contributed by atoms with E-state index in [-0.39, 0.29) is 1.43 Å². The van der Waals surface area contributed by atoms with E-state index in [0.29, 0.717) is 0 Å². The third-order valence-electron chi connectivity index (χ3n) is 3.12. The van der Waals surface area contributed by atoms with E-state index in [9.17, 15) is 0 Å². The molecular weight excluding hydrogens is 158 g/mol. The molecule has 1 fully saturated rings. The molecule has 80 valence electrons. The van der Waals surface area contributed by atoms with Gasteiger partial charge >= 0.3 is 0 Å². The molecule has 0 aliphatic heterocycles. The van der Waals surface area contributed by atoms with Gasteiger partial charge in [-0.1, -0.05) is 39.0 Å². The van der Waals surface area contributed by atoms with Gasteiger partial charge in [-0.05, 0) is 26.2 Å². The molecule has 0 spiro atoms. The SMILES string of the molecule is CCCCC(C)NC1CCCCC1.[HH]. The minimum Gasteiger partial charge on any atom is -0.312 e. The largest absolute Gasteiger partial charge is 0.312 e. The van der Waals surface area contributed by atoms with Crippen molar-refractivity contribution in [2.24, 2.45) is 0 Å². The van der Waals surface area contributed by atoms with Crippen molar-refractivity contribution in [3.8, 4) is 0 Å². The van der Waals surface area contributed by atoms with Crippen LogP contribution in [-0.4, -0.2) is 12.1 Å². The summed E-state index contributed by atoms with van der Waals surface area (Å²) in [6.45, 7) is 4.61. The molecule has 0 aromatic carbocycles. The summed E-state index contributed by atoms with van der Waals surface area (Å²) in [5.41, 5.74) is 0. The molecule has 0 aromatic rings. The van der Waals surface area contributed by atoms with Crippen LogP contribution in [0.5, 0.6) is 0 Å². The lowest BCUT2D eigenvalue weighted by Crippen LogP contribution is -2.37. The van der Waals surface area contributed by atoms with Gasteiger partial charge in [-0.25, -0.2) is 0 Å². The molecule has 1 aliphatic carbocycles. The van der Waals surface area contributed by atoms with Crippen molar-refractivity contribution in [3.05, 3.63) is 0 Å². The minimum atomic E-state index is 0. The van der Waals surface area contributed by atoms with Crippen LogP contribution in [0.2, 0.25) is 0 Å². The monoisotopic (exact) mass is 185 g/mol. The van der Waals surface area contributed by atoms with Crippen LogP contribution in [0.25, 0.3) is 0 Å². The van der Waals surface area contributed by atoms with Crippen LogP contribution >= 0.6 is 0 Å². The van der Waals surface area contributed by atoms with Crippen molar-refractivity contribution < 1.29 is 1.43 Å². The molecule has 0 radical (unpaired) electrons. The summed E-state index contributed by atoms with van der Waals surface area (Å²) in [6, 6.07) is 1.57. The number of nitrogens with one attached hydrogen (secondary N) is 1. The predicted octanol–water partition coefficient (Wildman–Crippen LogP) is 3.73. The van der Waals surface area contributed by atoms with E-state index >= 15 is 0 Å². The number of unbranched alkanes of at least 4 members (excludes halogenated alkanes) is 1. The highest BCUT2D eigenvalue weighted by Gasteiger charge is 2.14. The van der Waals surface area contributed by atoms with E-state index in [2.05, 4.69) is 19.2 Å². The van der Waals surface area contributed by atoms with Crippen molar-refractivity contribution in [2.75, 3.05) is 0 Å². The molecule has 0 amide bonds. The summed E-state index contributed by atoms with van der Waals surface area (Å²) in [5, 5.41) is 3.75. The molecule has 0 saturated heterocycles. The van der Waals surface area contributed by atoms with Crippen molar-refractivity contribution in [1.29, 1.82) is 0 Å². The standard InChI is InChI=1S/C12H25N.H2/c1-3-4-8-11(2)13-12-9-6-5-7-10-12;/h11-13H,3-10H2,1-2H3;1H. The predicted molar refractivity (Wildman–Crippen MR) is 61.1 cm³/mol. The maximum atomic E-state index is 3.75. The van der Waals surface area contributed by atoms with Crippen molar-refractivity contribution in [1.82, 2.24) is 5.32 Å². The summed E-state index contributed by atoms with van der Waals surface area (Å²) in [7, 11) is 0. The Kier molecular flexibility index (Phi) is 5.45. The zero-order valence-corrected chi connectivity index (χ0v) is 9.31. The number of rotatable bonds is 5. The molecule has 1 atom stereocenters. The zero-order chi connectivity index (χ0) is 9.52. The summed E-state index contributed by atoms with van der Waals surface area (Å²) in [4.78, 5) is 0. The van der Waals surface area contributed by atoms with Crippen LogP contribution in [0, 0.1) is 0 Å². The normalized spacial score (nSPS) is 21.7. The van der Waals surface area contributed by atoms with E-state index < -0.39 is 0 Å². The quantitative estimate of drug-likeness (QED) is 0.688. The Hall–Kier alpha value is -0.0400. The van der Waals surface area contributed by atoms with Gasteiger partial charge in [-0.3, -0.25) is 0 Å². The highest BCUT2D eigenvalue weighted by atomic mass is 14.9. The summed E-state index contributed by atoms with van der Waals surface area (Å²) < 4.78 is 0. The molecule has 1 unspecified atom stereocenters. The van der Waals surface area contributed by atoms with Crippen LogP contribution in [0.1, 0.15) is 66.6 Å². The Labute approximate surface area is 84.8 Å². The van der Waals surface area contributed by atoms with Crippen LogP contribution in [0.3, 0.4) is 0 Å². The highest BCUT2D eigenvalue weighted by molar-refractivity contribution is 4.74. The second-order valence-corrected chi connectivity index (χ2v) is 4.54. The Morgan fingerprint density at radius 2 is 2.00 bits per heavy atom. The van der Waals surface area contributed by atoms with Crippen molar-refractivity contribution in [2.45, 2.75) is 77.3 Å². The lowest BCUT2D eigenvalue weighted by Gasteiger charge is -2.26. The topological polar surface area (TPSA) is 12.0 Å². The number of hydrogen-bond donors (Lipinski definition) is 1. The summed E-state index contributed by atoms with van der Waals surface area (Å²) in [6.07, 6.45) is 11.2. The summed E-state index contributed by atoms with van der Waals surface area (Å²) >= 11 is 0. The Morgan fingerprint density at radius 1 is 1.31 bits per heavy atom. The van der Waals surface area contributed by atoms with E-state index in [1.54, 1.807) is 0 Å². The van der Waals surface area contributed by atoms with Crippen LogP contribution in [-0.2, 0) is 0 Å². The first-order valence-corrected chi connectivity index (χ1v) is 6.09. The third-order valence-corrected chi connectivity index (χ3v) is 3.12. The molecule has 0 aromatic heterocycles. The lowest BCUT2D eigenvalue weighted by atomic mass is 9.94. The van der Waals surface area contributed by atoms with Gasteiger partial charge in [0, 0.05) is 13.5 Å². The van der Waals surface area contributed by atoms with Gasteiger partial charge < -0.3 is 5.32 Å². The fraction of sp³-hybridized carbons (Fsp3) is 1.00. The Balaban J connectivity index is 0.00000169. The zero-order valence-electron chi connectivity index (χ0n) is 9.31. The highest BCUT2D eigenvalue weighted by Crippen LogP contribution is 2.18. The molecule has 1 heteroatoms. The Bertz CT molecular complexity index is 121. The second-order valence-electron chi connectivity index (χ2n) is 4.54. The van der Waals surface area contributed by atoms with Gasteiger partial charge in [0.1, 0.15) is 0 Å². The molecular formula is C12H27N. The van der Waals surface area contributed by atoms with Crippen LogP contribution in [0.4, 0.5) is 0 Å². The van der Waals surface area contributed by atoms with Gasteiger partial charge in [0.25, 0.3) is 0 Å². The average molecular weight is 185 g/mol. The van der Waals surface area contributed by atoms with Crippen molar-refractivity contribution >= 4 is 0 Å². The fourth-order valence-corrected chi connectivity index (χ4v) is 2.27. The molecule has 13 heavy (non-hydrogen) atoms. The van der Waals surface area contributed by atoms with Crippen LogP contribution in [0.15, 0.2) is 0 Å². The van der Waals surface area contributed by atoms with Gasteiger partial charge in [-0.15, -0.1) is 0 Å². The van der Waals surface area contributed by atoms with E-state index in [0.717, 1.165) is 12.1 Å². The molecule has 0 bridgehead atoms. The summed E-state index contributed by atoms with van der Waals surface area (Å²) in [5.74, 6) is 0. The van der Waals surface area contributed by atoms with Gasteiger partial charge in [-0.2, -0.15) is 0 Å². The molecule has 1 N–H and O–H groups in total. The smallest absolute Gasteiger partial charge is 0.00695 e. The Morgan fingerprint density at radius 3 is 2.62 bits per heavy atom. The molecule has 1 nitrogen and oxygen atoms in total. The van der Waals surface area contributed by atoms with E-state index in [4.69, 9.17) is 0 Å². The van der Waals surface area contributed by atoms with Crippen molar-refractivity contribution in [3.63, 3.8) is 0 Å². The third kappa shape index (κ3) is 4.66. The maximum Gasteiger partial charge on any atom is 0.00695 e. The fourth-order valence-electron chi connectivity index (χ4n) is 2.27. The first-order chi connectivity index (χ1) is 6.33.